The fraction of sp³-hybridized carbons (Fsp3) is 0.235. The summed E-state index contributed by atoms with van der Waals surface area (Å²) in [4.78, 5) is 4.44. The SMILES string of the molecule is OC1c2ccccc2CCC1n1cnc2ccccc21. The van der Waals surface area contributed by atoms with E-state index in [1.807, 2.05) is 42.7 Å². The van der Waals surface area contributed by atoms with Crippen molar-refractivity contribution >= 4 is 11.0 Å². The number of benzene rings is 2. The van der Waals surface area contributed by atoms with Crippen molar-refractivity contribution in [2.24, 2.45) is 0 Å². The first kappa shape index (κ1) is 11.7. The van der Waals surface area contributed by atoms with E-state index < -0.39 is 6.10 Å². The zero-order valence-electron chi connectivity index (χ0n) is 11.1. The molecule has 20 heavy (non-hydrogen) atoms. The summed E-state index contributed by atoms with van der Waals surface area (Å²) in [6, 6.07) is 16.3. The van der Waals surface area contributed by atoms with Crippen LogP contribution in [0.4, 0.5) is 0 Å². The van der Waals surface area contributed by atoms with Crippen LogP contribution in [0.1, 0.15) is 29.7 Å². The summed E-state index contributed by atoms with van der Waals surface area (Å²) in [5.41, 5.74) is 4.40. The number of imidazole rings is 1. The number of aromatic nitrogens is 2. The Morgan fingerprint density at radius 3 is 2.80 bits per heavy atom. The Morgan fingerprint density at radius 2 is 1.85 bits per heavy atom. The summed E-state index contributed by atoms with van der Waals surface area (Å²) < 4.78 is 2.12. The largest absolute Gasteiger partial charge is 0.386 e. The Bertz CT molecular complexity index is 762. The fourth-order valence-corrected chi connectivity index (χ4v) is 3.25. The summed E-state index contributed by atoms with van der Waals surface area (Å²) in [6.45, 7) is 0. The van der Waals surface area contributed by atoms with E-state index in [-0.39, 0.29) is 6.04 Å². The predicted molar refractivity (Wildman–Crippen MR) is 78.5 cm³/mol. The van der Waals surface area contributed by atoms with Crippen molar-refractivity contribution in [1.29, 1.82) is 0 Å². The molecule has 2 atom stereocenters. The lowest BCUT2D eigenvalue weighted by molar-refractivity contribution is 0.101. The van der Waals surface area contributed by atoms with Gasteiger partial charge < -0.3 is 9.67 Å². The van der Waals surface area contributed by atoms with E-state index >= 15 is 0 Å². The molecule has 2 unspecified atom stereocenters. The van der Waals surface area contributed by atoms with Crippen molar-refractivity contribution in [3.05, 3.63) is 66.0 Å². The van der Waals surface area contributed by atoms with E-state index in [0.29, 0.717) is 0 Å². The number of hydrogen-bond acceptors (Lipinski definition) is 2. The molecule has 3 nitrogen and oxygen atoms in total. The van der Waals surface area contributed by atoms with Gasteiger partial charge in [0.05, 0.1) is 29.5 Å². The van der Waals surface area contributed by atoms with Crippen LogP contribution in [0, 0.1) is 0 Å². The molecular formula is C17H16N2O. The number of rotatable bonds is 1. The van der Waals surface area contributed by atoms with Crippen molar-refractivity contribution in [1.82, 2.24) is 9.55 Å². The maximum Gasteiger partial charge on any atom is 0.1000 e. The van der Waals surface area contributed by atoms with E-state index in [2.05, 4.69) is 21.7 Å². The zero-order valence-corrected chi connectivity index (χ0v) is 11.1. The number of aliphatic hydroxyl groups is 1. The maximum atomic E-state index is 10.7. The highest BCUT2D eigenvalue weighted by Crippen LogP contribution is 2.38. The standard InChI is InChI=1S/C17H16N2O/c20-17-13-6-2-1-5-12(13)9-10-16(17)19-11-18-14-7-3-4-8-15(14)19/h1-8,11,16-17,20H,9-10H2. The molecule has 0 radical (unpaired) electrons. The Kier molecular flexibility index (Phi) is 2.60. The number of fused-ring (bicyclic) bond motifs is 2. The molecule has 0 amide bonds. The number of hydrogen-bond donors (Lipinski definition) is 1. The van der Waals surface area contributed by atoms with Crippen LogP contribution in [-0.2, 0) is 6.42 Å². The minimum absolute atomic E-state index is 0.0669. The molecule has 0 saturated carbocycles. The summed E-state index contributed by atoms with van der Waals surface area (Å²) in [7, 11) is 0. The predicted octanol–water partition coefficient (Wildman–Crippen LogP) is 3.26. The summed E-state index contributed by atoms with van der Waals surface area (Å²) >= 11 is 0. The molecule has 3 heteroatoms. The molecule has 0 bridgehead atoms. The lowest BCUT2D eigenvalue weighted by Gasteiger charge is -2.31. The molecule has 100 valence electrons. The van der Waals surface area contributed by atoms with Gasteiger partial charge in [0.25, 0.3) is 0 Å². The molecule has 4 rings (SSSR count). The van der Waals surface area contributed by atoms with Crippen LogP contribution in [0.25, 0.3) is 11.0 Å². The molecule has 0 spiro atoms. The van der Waals surface area contributed by atoms with Crippen LogP contribution in [0.2, 0.25) is 0 Å². The highest BCUT2D eigenvalue weighted by atomic mass is 16.3. The van der Waals surface area contributed by atoms with E-state index in [4.69, 9.17) is 0 Å². The van der Waals surface area contributed by atoms with Crippen molar-refractivity contribution in [2.75, 3.05) is 0 Å². The minimum Gasteiger partial charge on any atom is -0.386 e. The second kappa shape index (κ2) is 4.46. The van der Waals surface area contributed by atoms with Crippen LogP contribution < -0.4 is 0 Å². The van der Waals surface area contributed by atoms with Crippen molar-refractivity contribution < 1.29 is 5.11 Å². The van der Waals surface area contributed by atoms with Gasteiger partial charge in [0.2, 0.25) is 0 Å². The van der Waals surface area contributed by atoms with E-state index in [1.54, 1.807) is 0 Å². The third-order valence-electron chi connectivity index (χ3n) is 4.29. The topological polar surface area (TPSA) is 38.0 Å². The van der Waals surface area contributed by atoms with E-state index in [1.165, 1.54) is 5.56 Å². The van der Waals surface area contributed by atoms with Crippen LogP contribution in [-0.4, -0.2) is 14.7 Å². The molecule has 1 aliphatic rings. The summed E-state index contributed by atoms with van der Waals surface area (Å²) in [5, 5.41) is 10.7. The molecule has 1 heterocycles. The summed E-state index contributed by atoms with van der Waals surface area (Å²) in [5.74, 6) is 0. The fourth-order valence-electron chi connectivity index (χ4n) is 3.25. The molecule has 1 aliphatic carbocycles. The quantitative estimate of drug-likeness (QED) is 0.732. The lowest BCUT2D eigenvalue weighted by Crippen LogP contribution is -2.23. The highest BCUT2D eigenvalue weighted by Gasteiger charge is 2.29. The number of aryl methyl sites for hydroxylation is 1. The van der Waals surface area contributed by atoms with Crippen LogP contribution >= 0.6 is 0 Å². The first-order valence-corrected chi connectivity index (χ1v) is 7.02. The van der Waals surface area contributed by atoms with Gasteiger partial charge in [0.15, 0.2) is 0 Å². The van der Waals surface area contributed by atoms with Gasteiger partial charge in [-0.1, -0.05) is 36.4 Å². The molecular weight excluding hydrogens is 248 g/mol. The average molecular weight is 264 g/mol. The van der Waals surface area contributed by atoms with Gasteiger partial charge in [-0.15, -0.1) is 0 Å². The van der Waals surface area contributed by atoms with Crippen LogP contribution in [0.15, 0.2) is 54.9 Å². The third-order valence-corrected chi connectivity index (χ3v) is 4.29. The maximum absolute atomic E-state index is 10.7. The second-order valence-corrected chi connectivity index (χ2v) is 5.39. The van der Waals surface area contributed by atoms with Crippen molar-refractivity contribution in [2.45, 2.75) is 25.0 Å². The Morgan fingerprint density at radius 1 is 1.05 bits per heavy atom. The van der Waals surface area contributed by atoms with Crippen LogP contribution in [0.5, 0.6) is 0 Å². The van der Waals surface area contributed by atoms with Crippen molar-refractivity contribution in [3.63, 3.8) is 0 Å². The monoisotopic (exact) mass is 264 g/mol. The molecule has 1 aromatic heterocycles. The highest BCUT2D eigenvalue weighted by molar-refractivity contribution is 5.75. The molecule has 2 aromatic carbocycles. The lowest BCUT2D eigenvalue weighted by atomic mass is 9.85. The number of nitrogens with zero attached hydrogens (tertiary/aromatic N) is 2. The van der Waals surface area contributed by atoms with Gasteiger partial charge in [-0.05, 0) is 36.1 Å². The number of aliphatic hydroxyl groups excluding tert-OH is 1. The minimum atomic E-state index is -0.461. The van der Waals surface area contributed by atoms with Gasteiger partial charge in [0, 0.05) is 0 Å². The van der Waals surface area contributed by atoms with Gasteiger partial charge in [-0.3, -0.25) is 0 Å². The van der Waals surface area contributed by atoms with Gasteiger partial charge >= 0.3 is 0 Å². The molecule has 1 N–H and O–H groups in total. The van der Waals surface area contributed by atoms with Gasteiger partial charge in [-0.2, -0.15) is 0 Å². The molecule has 0 aliphatic heterocycles. The molecule has 0 fully saturated rings. The first-order valence-electron chi connectivity index (χ1n) is 7.02. The van der Waals surface area contributed by atoms with Crippen molar-refractivity contribution in [3.8, 4) is 0 Å². The zero-order chi connectivity index (χ0) is 13.5. The Labute approximate surface area is 117 Å². The van der Waals surface area contributed by atoms with Gasteiger partial charge in [0.1, 0.15) is 0 Å². The molecule has 3 aromatic rings. The summed E-state index contributed by atoms with van der Waals surface area (Å²) in [6.07, 6.45) is 3.34. The van der Waals surface area contributed by atoms with Gasteiger partial charge in [-0.25, -0.2) is 4.98 Å². The normalized spacial score (nSPS) is 21.9. The first-order chi connectivity index (χ1) is 9.84. The molecule has 0 saturated heterocycles. The Balaban J connectivity index is 1.81. The van der Waals surface area contributed by atoms with E-state index in [0.717, 1.165) is 29.4 Å². The third kappa shape index (κ3) is 1.67. The Hall–Kier alpha value is -2.13. The number of para-hydroxylation sites is 2. The van der Waals surface area contributed by atoms with E-state index in [9.17, 15) is 5.11 Å². The smallest absolute Gasteiger partial charge is 0.1000 e. The second-order valence-electron chi connectivity index (χ2n) is 5.39. The average Bonchev–Trinajstić information content (AvgIpc) is 2.92. The van der Waals surface area contributed by atoms with Crippen LogP contribution in [0.3, 0.4) is 0 Å².